The summed E-state index contributed by atoms with van der Waals surface area (Å²) in [6, 6.07) is 24.0. The van der Waals surface area contributed by atoms with Gasteiger partial charge in [-0.15, -0.1) is 0 Å². The smallest absolute Gasteiger partial charge is 0.0991 e. The summed E-state index contributed by atoms with van der Waals surface area (Å²) in [5, 5.41) is 8.93. The largest absolute Gasteiger partial charge is 0.313 e. The van der Waals surface area contributed by atoms with Crippen molar-refractivity contribution in [2.45, 2.75) is 0 Å². The molecule has 0 amide bonds. The van der Waals surface area contributed by atoms with E-state index in [1.165, 1.54) is 0 Å². The number of rotatable bonds is 2. The Balaban J connectivity index is 1.86. The van der Waals surface area contributed by atoms with Crippen LogP contribution in [0.5, 0.6) is 0 Å². The van der Waals surface area contributed by atoms with Gasteiger partial charge in [-0.3, -0.25) is 4.98 Å². The number of benzene rings is 2. The fraction of sp³-hybridized carbons (Fsp3) is 0. The minimum atomic E-state index is 0.668. The zero-order chi connectivity index (χ0) is 15.6. The molecule has 0 radical (unpaired) electrons. The van der Waals surface area contributed by atoms with Crippen LogP contribution in [0.3, 0.4) is 0 Å². The zero-order valence-corrected chi connectivity index (χ0v) is 12.3. The summed E-state index contributed by atoms with van der Waals surface area (Å²) in [7, 11) is 0. The van der Waals surface area contributed by atoms with Crippen molar-refractivity contribution >= 4 is 5.52 Å². The predicted molar refractivity (Wildman–Crippen MR) is 90.8 cm³/mol. The van der Waals surface area contributed by atoms with Crippen LogP contribution in [-0.2, 0) is 0 Å². The highest BCUT2D eigenvalue weighted by molar-refractivity contribution is 5.69. The molecule has 0 unspecified atom stereocenters. The number of nitriles is 1. The van der Waals surface area contributed by atoms with E-state index in [1.54, 1.807) is 0 Å². The van der Waals surface area contributed by atoms with Crippen LogP contribution >= 0.6 is 0 Å². The molecule has 0 aliphatic rings. The molecule has 0 saturated heterocycles. The van der Waals surface area contributed by atoms with Gasteiger partial charge in [0.2, 0.25) is 0 Å². The average Bonchev–Trinajstić information content (AvgIpc) is 3.05. The molecule has 3 heteroatoms. The van der Waals surface area contributed by atoms with E-state index in [1.807, 2.05) is 48.7 Å². The van der Waals surface area contributed by atoms with Gasteiger partial charge in [0, 0.05) is 11.8 Å². The van der Waals surface area contributed by atoms with Crippen LogP contribution in [0, 0.1) is 11.3 Å². The molecule has 0 N–H and O–H groups in total. The topological polar surface area (TPSA) is 41.1 Å². The third kappa shape index (κ3) is 2.37. The van der Waals surface area contributed by atoms with Crippen molar-refractivity contribution in [3.8, 4) is 28.6 Å². The van der Waals surface area contributed by atoms with Gasteiger partial charge in [0.1, 0.15) is 0 Å². The molecule has 23 heavy (non-hydrogen) atoms. The Hall–Kier alpha value is -3.38. The van der Waals surface area contributed by atoms with Gasteiger partial charge in [-0.25, -0.2) is 0 Å². The molecule has 2 aromatic heterocycles. The zero-order valence-electron chi connectivity index (χ0n) is 12.3. The van der Waals surface area contributed by atoms with E-state index in [0.717, 1.165) is 28.0 Å². The van der Waals surface area contributed by atoms with E-state index in [0.29, 0.717) is 5.56 Å². The molecule has 4 rings (SSSR count). The fourth-order valence-electron chi connectivity index (χ4n) is 2.71. The summed E-state index contributed by atoms with van der Waals surface area (Å²) in [4.78, 5) is 4.55. The van der Waals surface area contributed by atoms with Crippen LogP contribution in [-0.4, -0.2) is 9.38 Å². The second kappa shape index (κ2) is 5.43. The molecule has 0 spiro atoms. The van der Waals surface area contributed by atoms with Gasteiger partial charge in [-0.2, -0.15) is 5.26 Å². The van der Waals surface area contributed by atoms with E-state index in [4.69, 9.17) is 5.26 Å². The summed E-state index contributed by atoms with van der Waals surface area (Å²) >= 11 is 0. The molecule has 4 aromatic rings. The quantitative estimate of drug-likeness (QED) is 0.544. The fourth-order valence-corrected chi connectivity index (χ4v) is 2.71. The maximum atomic E-state index is 8.93. The van der Waals surface area contributed by atoms with Gasteiger partial charge < -0.3 is 4.40 Å². The summed E-state index contributed by atoms with van der Waals surface area (Å²) < 4.78 is 2.14. The molecule has 108 valence electrons. The van der Waals surface area contributed by atoms with Crippen LogP contribution in [0.4, 0.5) is 0 Å². The summed E-state index contributed by atoms with van der Waals surface area (Å²) in [5.41, 5.74) is 5.90. The first-order chi connectivity index (χ1) is 11.3. The number of fused-ring (bicyclic) bond motifs is 1. The second-order valence-corrected chi connectivity index (χ2v) is 5.34. The Morgan fingerprint density at radius 1 is 0.826 bits per heavy atom. The summed E-state index contributed by atoms with van der Waals surface area (Å²) in [5.74, 6) is 0. The lowest BCUT2D eigenvalue weighted by Gasteiger charge is -2.06. The highest BCUT2D eigenvalue weighted by Gasteiger charge is 2.07. The molecular weight excluding hydrogens is 282 g/mol. The SMILES string of the molecule is N#Cc1ccc(-c2ccc3cnc(-c4ccccc4)cn23)cc1. The minimum Gasteiger partial charge on any atom is -0.313 e. The van der Waals surface area contributed by atoms with Gasteiger partial charge in [0.15, 0.2) is 0 Å². The Labute approximate surface area is 134 Å². The van der Waals surface area contributed by atoms with Gasteiger partial charge in [0.05, 0.1) is 34.7 Å². The van der Waals surface area contributed by atoms with E-state index >= 15 is 0 Å². The minimum absolute atomic E-state index is 0.668. The van der Waals surface area contributed by atoms with E-state index in [9.17, 15) is 0 Å². The molecule has 2 heterocycles. The maximum Gasteiger partial charge on any atom is 0.0991 e. The first kappa shape index (κ1) is 13.3. The normalized spacial score (nSPS) is 10.6. The van der Waals surface area contributed by atoms with E-state index < -0.39 is 0 Å². The lowest BCUT2D eigenvalue weighted by Crippen LogP contribution is -1.92. The van der Waals surface area contributed by atoms with Crippen LogP contribution in [0.2, 0.25) is 0 Å². The lowest BCUT2D eigenvalue weighted by atomic mass is 10.1. The number of nitrogens with zero attached hydrogens (tertiary/aromatic N) is 3. The Morgan fingerprint density at radius 2 is 1.61 bits per heavy atom. The molecule has 0 atom stereocenters. The van der Waals surface area contributed by atoms with Crippen molar-refractivity contribution in [1.29, 1.82) is 5.26 Å². The second-order valence-electron chi connectivity index (χ2n) is 5.34. The number of aromatic nitrogens is 2. The van der Waals surface area contributed by atoms with Crippen molar-refractivity contribution in [2.75, 3.05) is 0 Å². The average molecular weight is 295 g/mol. The molecule has 0 aliphatic carbocycles. The molecule has 0 saturated carbocycles. The molecule has 0 bridgehead atoms. The Morgan fingerprint density at radius 3 is 2.35 bits per heavy atom. The summed E-state index contributed by atoms with van der Waals surface area (Å²) in [6.45, 7) is 0. The predicted octanol–water partition coefficient (Wildman–Crippen LogP) is 4.54. The van der Waals surface area contributed by atoms with Crippen molar-refractivity contribution in [3.05, 3.63) is 84.7 Å². The van der Waals surface area contributed by atoms with Gasteiger partial charge in [-0.1, -0.05) is 42.5 Å². The van der Waals surface area contributed by atoms with E-state index in [2.05, 4.69) is 45.9 Å². The molecule has 2 aromatic carbocycles. The summed E-state index contributed by atoms with van der Waals surface area (Å²) in [6.07, 6.45) is 3.94. The van der Waals surface area contributed by atoms with Crippen molar-refractivity contribution in [2.24, 2.45) is 0 Å². The number of hydrogen-bond donors (Lipinski definition) is 0. The molecular formula is C20H13N3. The van der Waals surface area contributed by atoms with Crippen LogP contribution in [0.15, 0.2) is 79.1 Å². The van der Waals surface area contributed by atoms with Crippen LogP contribution in [0.25, 0.3) is 28.0 Å². The van der Waals surface area contributed by atoms with Crippen LogP contribution in [0.1, 0.15) is 5.56 Å². The van der Waals surface area contributed by atoms with Gasteiger partial charge in [0.25, 0.3) is 0 Å². The molecule has 0 aliphatic heterocycles. The Bertz CT molecular complexity index is 1010. The van der Waals surface area contributed by atoms with Crippen molar-refractivity contribution < 1.29 is 0 Å². The lowest BCUT2D eigenvalue weighted by molar-refractivity contribution is 1.15. The van der Waals surface area contributed by atoms with E-state index in [-0.39, 0.29) is 0 Å². The standard InChI is InChI=1S/C20H13N3/c21-12-15-6-8-17(9-7-15)20-11-10-18-13-22-19(14-23(18)20)16-4-2-1-3-5-16/h1-11,13-14H. The Kier molecular flexibility index (Phi) is 3.14. The molecule has 3 nitrogen and oxygen atoms in total. The van der Waals surface area contributed by atoms with Gasteiger partial charge >= 0.3 is 0 Å². The third-order valence-corrected chi connectivity index (χ3v) is 3.92. The van der Waals surface area contributed by atoms with Crippen molar-refractivity contribution in [1.82, 2.24) is 9.38 Å². The highest BCUT2D eigenvalue weighted by Crippen LogP contribution is 2.25. The first-order valence-electron chi connectivity index (χ1n) is 7.38. The van der Waals surface area contributed by atoms with Gasteiger partial charge in [-0.05, 0) is 29.8 Å². The first-order valence-corrected chi connectivity index (χ1v) is 7.38. The maximum absolute atomic E-state index is 8.93. The van der Waals surface area contributed by atoms with Crippen molar-refractivity contribution in [3.63, 3.8) is 0 Å². The monoisotopic (exact) mass is 295 g/mol. The third-order valence-electron chi connectivity index (χ3n) is 3.92. The van der Waals surface area contributed by atoms with Crippen LogP contribution < -0.4 is 0 Å². The number of hydrogen-bond acceptors (Lipinski definition) is 2. The highest BCUT2D eigenvalue weighted by atomic mass is 14.9. The molecule has 0 fully saturated rings.